The van der Waals surface area contributed by atoms with Gasteiger partial charge >= 0.3 is 11.9 Å². The molecule has 376 valence electrons. The minimum absolute atomic E-state index is 0.113. The zero-order valence-corrected chi connectivity index (χ0v) is 41.8. The molecular weight excluding hydrogens is 819 g/mol. The summed E-state index contributed by atoms with van der Waals surface area (Å²) in [5.74, 6) is -1.44. The molecule has 1 aliphatic heterocycles. The van der Waals surface area contributed by atoms with E-state index in [4.69, 9.17) is 18.9 Å². The zero-order chi connectivity index (χ0) is 47.0. The van der Waals surface area contributed by atoms with Gasteiger partial charge in [0.1, 0.15) is 18.2 Å². The second-order valence-electron chi connectivity index (χ2n) is 19.0. The summed E-state index contributed by atoms with van der Waals surface area (Å²) in [5, 5.41) is 24.7. The Morgan fingerprint density at radius 1 is 0.585 bits per heavy atom. The lowest BCUT2D eigenvalue weighted by molar-refractivity contribution is -0.277. The van der Waals surface area contributed by atoms with Crippen LogP contribution < -0.4 is 5.32 Å². The highest BCUT2D eigenvalue weighted by molar-refractivity contribution is 5.84. The number of aliphatic hydroxyl groups excluding tert-OH is 2. The summed E-state index contributed by atoms with van der Waals surface area (Å²) in [6.45, 7) is 6.28. The summed E-state index contributed by atoms with van der Waals surface area (Å²) in [6.07, 6.45) is 31.6. The molecule has 1 amide bonds. The molecule has 10 nitrogen and oxygen atoms in total. The van der Waals surface area contributed by atoms with Crippen molar-refractivity contribution < 1.29 is 43.5 Å². The molecule has 1 heterocycles. The van der Waals surface area contributed by atoms with Crippen LogP contribution in [0.25, 0.3) is 0 Å². The van der Waals surface area contributed by atoms with E-state index >= 15 is 0 Å². The van der Waals surface area contributed by atoms with Gasteiger partial charge in [0.2, 0.25) is 0 Å². The third-order valence-electron chi connectivity index (χ3n) is 13.0. The molecule has 1 aliphatic rings. The molecule has 3 N–H and O–H groups in total. The Kier molecular flexibility index (Phi) is 36.5. The van der Waals surface area contributed by atoms with Crippen LogP contribution in [0.4, 0.5) is 0 Å². The first-order valence-electron chi connectivity index (χ1n) is 27.1. The van der Waals surface area contributed by atoms with Crippen molar-refractivity contribution in [1.82, 2.24) is 5.32 Å². The lowest BCUT2D eigenvalue weighted by atomic mass is 9.95. The molecule has 0 spiro atoms. The number of nitrogens with one attached hydrogen (secondary N) is 1. The Balaban J connectivity index is 2.10. The van der Waals surface area contributed by atoms with Gasteiger partial charge in [-0.15, -0.1) is 0 Å². The largest absolute Gasteiger partial charge is 0.457 e. The van der Waals surface area contributed by atoms with Crippen LogP contribution >= 0.6 is 0 Å². The van der Waals surface area contributed by atoms with E-state index in [9.17, 15) is 24.6 Å². The fraction of sp³-hybridized carbons (Fsp3) is 0.836. The predicted octanol–water partition coefficient (Wildman–Crippen LogP) is 13.3. The third kappa shape index (κ3) is 29.1. The molecule has 0 bridgehead atoms. The maximum absolute atomic E-state index is 14.3. The van der Waals surface area contributed by atoms with Crippen molar-refractivity contribution in [2.75, 3.05) is 6.61 Å². The Morgan fingerprint density at radius 2 is 1.00 bits per heavy atom. The molecule has 0 radical (unpaired) electrons. The monoisotopic (exact) mass is 916 g/mol. The van der Waals surface area contributed by atoms with Crippen LogP contribution in [0.5, 0.6) is 0 Å². The first kappa shape index (κ1) is 58.6. The SMILES string of the molecule is CCCCCCCCCCCCCC(=O)OC(CCCCCCCCCCCC)C(=O)N[C@H]1[C@H](OCc2ccccc2)O[C@H](CO)[C@@H](O)[C@@H]1OC(=O)CCCCCCCCCCCCC. The number of carbonyl (C=O) groups is 3. The van der Waals surface area contributed by atoms with Crippen molar-refractivity contribution in [2.45, 2.75) is 289 Å². The van der Waals surface area contributed by atoms with Crippen LogP contribution in [0.2, 0.25) is 0 Å². The van der Waals surface area contributed by atoms with E-state index < -0.39 is 61.2 Å². The Bertz CT molecular complexity index is 1280. The predicted molar refractivity (Wildman–Crippen MR) is 263 cm³/mol. The standard InChI is InChI=1S/C55H97NO9/c1-4-7-10-13-16-19-22-25-28-31-37-42-49(58)63-47(41-36-30-27-24-21-18-15-12-9-6-3)54(61)56-51-53(65-50(59)43-38-32-29-26-23-20-17-14-11-8-5-2)52(60)48(44-57)64-55(51)62-45-46-39-34-33-35-40-46/h33-35,39-40,47-48,51-53,55,57,60H,4-32,36-38,41-45H2,1-3H3,(H,56,61)/t47?,48-,51-,52-,53-,55-/m1/s1. The molecule has 0 aromatic heterocycles. The maximum Gasteiger partial charge on any atom is 0.306 e. The summed E-state index contributed by atoms with van der Waals surface area (Å²) >= 11 is 0. The molecular formula is C55H97NO9. The number of ether oxygens (including phenoxy) is 4. The van der Waals surface area contributed by atoms with Gasteiger partial charge in [-0.25, -0.2) is 0 Å². The average Bonchev–Trinajstić information content (AvgIpc) is 3.31. The number of amides is 1. The van der Waals surface area contributed by atoms with Crippen molar-refractivity contribution in [3.8, 4) is 0 Å². The van der Waals surface area contributed by atoms with Crippen LogP contribution in [-0.4, -0.2) is 71.4 Å². The smallest absolute Gasteiger partial charge is 0.306 e. The number of carbonyl (C=O) groups excluding carboxylic acids is 3. The van der Waals surface area contributed by atoms with Gasteiger partial charge in [-0.2, -0.15) is 0 Å². The van der Waals surface area contributed by atoms with Crippen molar-refractivity contribution >= 4 is 17.8 Å². The summed E-state index contributed by atoms with van der Waals surface area (Å²) in [7, 11) is 0. The second kappa shape index (κ2) is 40.5. The first-order chi connectivity index (χ1) is 31.8. The summed E-state index contributed by atoms with van der Waals surface area (Å²) in [4.78, 5) is 41.1. The van der Waals surface area contributed by atoms with E-state index in [1.807, 2.05) is 30.3 Å². The van der Waals surface area contributed by atoms with Crippen LogP contribution in [0.1, 0.15) is 251 Å². The van der Waals surface area contributed by atoms with E-state index in [0.717, 1.165) is 63.4 Å². The van der Waals surface area contributed by atoms with E-state index in [-0.39, 0.29) is 19.4 Å². The Hall–Kier alpha value is -2.53. The van der Waals surface area contributed by atoms with E-state index in [0.29, 0.717) is 25.7 Å². The Morgan fingerprint density at radius 3 is 1.45 bits per heavy atom. The van der Waals surface area contributed by atoms with E-state index in [2.05, 4.69) is 26.1 Å². The maximum atomic E-state index is 14.3. The molecule has 1 aromatic rings. The number of hydrogen-bond donors (Lipinski definition) is 3. The van der Waals surface area contributed by atoms with E-state index in [1.54, 1.807) is 0 Å². The normalized spacial score (nSPS) is 18.9. The Labute approximate surface area is 396 Å². The van der Waals surface area contributed by atoms with Crippen molar-refractivity contribution in [3.63, 3.8) is 0 Å². The first-order valence-corrected chi connectivity index (χ1v) is 27.1. The quantitative estimate of drug-likeness (QED) is 0.0431. The molecule has 65 heavy (non-hydrogen) atoms. The number of esters is 2. The molecule has 2 rings (SSSR count). The second-order valence-corrected chi connectivity index (χ2v) is 19.0. The summed E-state index contributed by atoms with van der Waals surface area (Å²) < 4.78 is 24.3. The van der Waals surface area contributed by atoms with Gasteiger partial charge in [-0.3, -0.25) is 14.4 Å². The highest BCUT2D eigenvalue weighted by Crippen LogP contribution is 2.27. The van der Waals surface area contributed by atoms with Crippen LogP contribution in [0, 0.1) is 0 Å². The average molecular weight is 916 g/mol. The number of benzene rings is 1. The van der Waals surface area contributed by atoms with E-state index in [1.165, 1.54) is 128 Å². The molecule has 1 saturated heterocycles. The number of unbranched alkanes of at least 4 members (excludes halogenated alkanes) is 29. The minimum Gasteiger partial charge on any atom is -0.457 e. The van der Waals surface area contributed by atoms with Gasteiger partial charge < -0.3 is 34.5 Å². The molecule has 1 fully saturated rings. The molecule has 0 saturated carbocycles. The van der Waals surface area contributed by atoms with Crippen molar-refractivity contribution in [3.05, 3.63) is 35.9 Å². The van der Waals surface area contributed by atoms with Gasteiger partial charge in [-0.1, -0.05) is 237 Å². The molecule has 1 unspecified atom stereocenters. The third-order valence-corrected chi connectivity index (χ3v) is 13.0. The lowest BCUT2D eigenvalue weighted by Crippen LogP contribution is -2.66. The molecule has 0 aliphatic carbocycles. The highest BCUT2D eigenvalue weighted by Gasteiger charge is 2.49. The van der Waals surface area contributed by atoms with Crippen LogP contribution in [0.15, 0.2) is 30.3 Å². The topological polar surface area (TPSA) is 141 Å². The van der Waals surface area contributed by atoms with Gasteiger partial charge in [0.15, 0.2) is 18.5 Å². The molecule has 6 atom stereocenters. The number of aliphatic hydroxyl groups is 2. The highest BCUT2D eigenvalue weighted by atomic mass is 16.7. The van der Waals surface area contributed by atoms with Crippen LogP contribution in [-0.2, 0) is 39.9 Å². The van der Waals surface area contributed by atoms with Gasteiger partial charge in [-0.05, 0) is 31.2 Å². The number of rotatable bonds is 43. The van der Waals surface area contributed by atoms with Gasteiger partial charge in [0, 0.05) is 12.8 Å². The van der Waals surface area contributed by atoms with Crippen LogP contribution in [0.3, 0.4) is 0 Å². The zero-order valence-electron chi connectivity index (χ0n) is 41.8. The fourth-order valence-electron chi connectivity index (χ4n) is 8.87. The van der Waals surface area contributed by atoms with Gasteiger partial charge in [0.25, 0.3) is 5.91 Å². The lowest BCUT2D eigenvalue weighted by Gasteiger charge is -2.44. The number of hydrogen-bond acceptors (Lipinski definition) is 9. The van der Waals surface area contributed by atoms with Crippen molar-refractivity contribution in [1.29, 1.82) is 0 Å². The summed E-state index contributed by atoms with van der Waals surface area (Å²) in [5.41, 5.74) is 0.855. The summed E-state index contributed by atoms with van der Waals surface area (Å²) in [6, 6.07) is 8.35. The van der Waals surface area contributed by atoms with Gasteiger partial charge in [0.05, 0.1) is 13.2 Å². The minimum atomic E-state index is -1.44. The molecule has 10 heteroatoms. The fourth-order valence-corrected chi connectivity index (χ4v) is 8.87. The van der Waals surface area contributed by atoms with Crippen molar-refractivity contribution in [2.24, 2.45) is 0 Å². The molecule has 1 aromatic carbocycles.